The van der Waals surface area contributed by atoms with Crippen LogP contribution in [0.15, 0.2) is 12.2 Å². The number of hydrogen-bond donors (Lipinski definition) is 0. The average molecular weight is 514 g/mol. The van der Waals surface area contributed by atoms with Crippen molar-refractivity contribution in [3.8, 4) is 0 Å². The van der Waals surface area contributed by atoms with Gasteiger partial charge in [-0.3, -0.25) is 0 Å². The van der Waals surface area contributed by atoms with Crippen molar-refractivity contribution in [1.29, 1.82) is 0 Å². The molecule has 2 nitrogen and oxygen atoms in total. The Morgan fingerprint density at radius 1 is 0.758 bits per heavy atom. The summed E-state index contributed by atoms with van der Waals surface area (Å²) in [5, 5.41) is 0. The zero-order chi connectivity index (χ0) is 26.4. The average Bonchev–Trinajstić information content (AvgIpc) is 3.22. The maximum Gasteiger partial charge on any atom is 0.460 e. The van der Waals surface area contributed by atoms with E-state index in [1.54, 1.807) is 6.92 Å². The largest absolute Gasteiger partial charge is 0.460 e. The highest BCUT2D eigenvalue weighted by Crippen LogP contribution is 2.60. The van der Waals surface area contributed by atoms with Crippen molar-refractivity contribution in [3.05, 3.63) is 12.2 Å². The third kappa shape index (κ3) is 5.20. The summed E-state index contributed by atoms with van der Waals surface area (Å²) in [6, 6.07) is 0. The summed E-state index contributed by atoms with van der Waals surface area (Å²) in [7, 11) is 0. The smallest absolute Gasteiger partial charge is 0.459 e. The van der Waals surface area contributed by atoms with E-state index in [0.29, 0.717) is 11.5 Å². The number of ether oxygens (including phenoxy) is 1. The van der Waals surface area contributed by atoms with Gasteiger partial charge in [-0.15, -0.1) is 0 Å². The molecule has 2 bridgehead atoms. The predicted molar refractivity (Wildman–Crippen MR) is 86.6 cm³/mol. The Morgan fingerprint density at radius 3 is 1.52 bits per heavy atom. The van der Waals surface area contributed by atoms with Gasteiger partial charge in [0.25, 0.3) is 0 Å². The van der Waals surface area contributed by atoms with Crippen LogP contribution >= 0.6 is 0 Å². The first-order valence-electron chi connectivity index (χ1n) is 9.24. The van der Waals surface area contributed by atoms with Crippen LogP contribution in [0.2, 0.25) is 0 Å². The Balaban J connectivity index is 0.000000357. The summed E-state index contributed by atoms with van der Waals surface area (Å²) in [4.78, 5) is 11.3. The molecule has 0 radical (unpaired) electrons. The number of fused-ring (bicyclic) bond motifs is 2. The fraction of sp³-hybridized carbons (Fsp3) is 0.833. The van der Waals surface area contributed by atoms with E-state index >= 15 is 0 Å². The standard InChI is InChI=1S/C11H16O2.C7H3F13/c1-7(2)11(12)13-10-6-8-3-4-9(10)5-8;1-2(8,9)3(10,11)4(12,13)5(14,15)6(16,17)7(18,19)20/h8-10H,1,3-6H2,2H3;1H3. The molecule has 194 valence electrons. The number of halogens is 13. The first kappa shape index (κ1) is 29.3. The molecule has 33 heavy (non-hydrogen) atoms. The number of carbonyl (C=O) groups excluding carboxylic acids is 1. The third-order valence-corrected chi connectivity index (χ3v) is 5.37. The minimum atomic E-state index is -7.80. The normalized spacial score (nSPS) is 24.3. The number of hydrogen-bond acceptors (Lipinski definition) is 2. The Morgan fingerprint density at radius 2 is 1.21 bits per heavy atom. The molecule has 2 fully saturated rings. The van der Waals surface area contributed by atoms with Crippen molar-refractivity contribution in [2.24, 2.45) is 11.8 Å². The first-order chi connectivity index (χ1) is 14.4. The maximum atomic E-state index is 12.5. The highest BCUT2D eigenvalue weighted by molar-refractivity contribution is 5.87. The van der Waals surface area contributed by atoms with Gasteiger partial charge >= 0.3 is 41.8 Å². The Hall–Kier alpha value is -1.70. The fourth-order valence-electron chi connectivity index (χ4n) is 3.42. The van der Waals surface area contributed by atoms with Crippen LogP contribution in [0, 0.1) is 11.8 Å². The summed E-state index contributed by atoms with van der Waals surface area (Å²) in [6.45, 7) is 4.25. The van der Waals surface area contributed by atoms with Crippen LogP contribution < -0.4 is 0 Å². The predicted octanol–water partition coefficient (Wildman–Crippen LogP) is 7.04. The molecule has 15 heteroatoms. The molecule has 0 aromatic rings. The van der Waals surface area contributed by atoms with Gasteiger partial charge in [0.05, 0.1) is 0 Å². The van der Waals surface area contributed by atoms with Gasteiger partial charge in [0.2, 0.25) is 0 Å². The maximum absolute atomic E-state index is 12.5. The highest BCUT2D eigenvalue weighted by atomic mass is 19.4. The van der Waals surface area contributed by atoms with Gasteiger partial charge < -0.3 is 4.74 Å². The monoisotopic (exact) mass is 514 g/mol. The van der Waals surface area contributed by atoms with E-state index < -0.39 is 42.7 Å². The lowest BCUT2D eigenvalue weighted by Gasteiger charge is -2.38. The summed E-state index contributed by atoms with van der Waals surface area (Å²) >= 11 is 0. The lowest BCUT2D eigenvalue weighted by molar-refractivity contribution is -0.438. The zero-order valence-electron chi connectivity index (χ0n) is 17.0. The van der Waals surface area contributed by atoms with E-state index in [9.17, 15) is 61.9 Å². The second kappa shape index (κ2) is 8.82. The van der Waals surface area contributed by atoms with Gasteiger partial charge in [-0.25, -0.2) is 4.79 Å². The molecule has 0 spiro atoms. The molecule has 0 heterocycles. The Kier molecular flexibility index (Phi) is 7.84. The quantitative estimate of drug-likeness (QED) is 0.216. The molecule has 3 atom stereocenters. The minimum absolute atomic E-state index is 0.197. The molecule has 3 unspecified atom stereocenters. The van der Waals surface area contributed by atoms with Crippen molar-refractivity contribution in [2.75, 3.05) is 0 Å². The molecule has 2 rings (SSSR count). The zero-order valence-corrected chi connectivity index (χ0v) is 17.0. The first-order valence-corrected chi connectivity index (χ1v) is 9.24. The van der Waals surface area contributed by atoms with E-state index in [0.717, 1.165) is 12.3 Å². The Bertz CT molecular complexity index is 701. The molecular weight excluding hydrogens is 495 g/mol. The van der Waals surface area contributed by atoms with Gasteiger partial charge in [-0.1, -0.05) is 6.58 Å². The van der Waals surface area contributed by atoms with Crippen LogP contribution in [0.4, 0.5) is 57.1 Å². The van der Waals surface area contributed by atoms with Crippen molar-refractivity contribution >= 4 is 5.97 Å². The van der Waals surface area contributed by atoms with Crippen LogP contribution in [0.1, 0.15) is 39.5 Å². The highest BCUT2D eigenvalue weighted by Gasteiger charge is 2.90. The fourth-order valence-corrected chi connectivity index (χ4v) is 3.42. The van der Waals surface area contributed by atoms with E-state index in [1.807, 2.05) is 0 Å². The van der Waals surface area contributed by atoms with Crippen molar-refractivity contribution in [3.63, 3.8) is 0 Å². The van der Waals surface area contributed by atoms with E-state index in [-0.39, 0.29) is 12.1 Å². The van der Waals surface area contributed by atoms with Gasteiger partial charge in [0.1, 0.15) is 6.10 Å². The van der Waals surface area contributed by atoms with Gasteiger partial charge in [-0.2, -0.15) is 57.1 Å². The van der Waals surface area contributed by atoms with Crippen molar-refractivity contribution in [2.45, 2.75) is 81.4 Å². The summed E-state index contributed by atoms with van der Waals surface area (Å²) in [6.07, 6.45) is -2.22. The van der Waals surface area contributed by atoms with Gasteiger partial charge in [0.15, 0.2) is 0 Å². The molecule has 2 saturated carbocycles. The van der Waals surface area contributed by atoms with E-state index in [4.69, 9.17) is 4.74 Å². The van der Waals surface area contributed by atoms with E-state index in [2.05, 4.69) is 6.58 Å². The molecule has 0 N–H and O–H groups in total. The molecule has 0 aliphatic heterocycles. The molecule has 2 aliphatic rings. The number of rotatable bonds is 6. The van der Waals surface area contributed by atoms with Crippen LogP contribution in [-0.2, 0) is 9.53 Å². The third-order valence-electron chi connectivity index (χ3n) is 5.37. The van der Waals surface area contributed by atoms with Gasteiger partial charge in [-0.05, 0) is 44.4 Å². The summed E-state index contributed by atoms with van der Waals surface area (Å²) in [5.41, 5.74) is 0.516. The van der Waals surface area contributed by atoms with E-state index in [1.165, 1.54) is 19.3 Å². The summed E-state index contributed by atoms with van der Waals surface area (Å²) < 4.78 is 164. The van der Waals surface area contributed by atoms with Gasteiger partial charge in [0, 0.05) is 12.5 Å². The number of esters is 1. The summed E-state index contributed by atoms with van der Waals surface area (Å²) in [5.74, 6) is -35.0. The molecule has 0 amide bonds. The molecule has 0 aromatic heterocycles. The molecular formula is C18H19F13O2. The second-order valence-electron chi connectivity index (χ2n) is 8.08. The SMILES string of the molecule is C=C(C)C(=O)OC1CC2CCC1C2.CC(F)(F)C(F)(F)C(F)(F)C(F)(F)C(F)(F)C(F)(F)F. The van der Waals surface area contributed by atoms with Crippen molar-refractivity contribution < 1.29 is 66.6 Å². The molecule has 2 aliphatic carbocycles. The van der Waals surface area contributed by atoms with Crippen LogP contribution in [0.3, 0.4) is 0 Å². The van der Waals surface area contributed by atoms with Crippen molar-refractivity contribution in [1.82, 2.24) is 0 Å². The second-order valence-corrected chi connectivity index (χ2v) is 8.08. The number of alkyl halides is 13. The lowest BCUT2D eigenvalue weighted by atomic mass is 9.95. The topological polar surface area (TPSA) is 26.3 Å². The lowest BCUT2D eigenvalue weighted by Crippen LogP contribution is -2.69. The van der Waals surface area contributed by atoms with Crippen LogP contribution in [0.25, 0.3) is 0 Å². The Labute approximate surface area is 179 Å². The molecule has 0 saturated heterocycles. The minimum Gasteiger partial charge on any atom is -0.459 e. The molecule has 0 aromatic carbocycles. The number of carbonyl (C=O) groups is 1. The van der Waals surface area contributed by atoms with Crippen LogP contribution in [0.5, 0.6) is 0 Å². The van der Waals surface area contributed by atoms with Crippen LogP contribution in [-0.4, -0.2) is 47.9 Å².